The highest BCUT2D eigenvalue weighted by Crippen LogP contribution is 2.23. The van der Waals surface area contributed by atoms with E-state index in [1.54, 1.807) is 16.7 Å². The maximum Gasteiger partial charge on any atom is 0.230 e. The Labute approximate surface area is 168 Å². The quantitative estimate of drug-likeness (QED) is 0.632. The van der Waals surface area contributed by atoms with Crippen molar-refractivity contribution >= 4 is 17.7 Å². The highest BCUT2D eigenvalue weighted by molar-refractivity contribution is 7.99. The molecule has 146 valence electrons. The van der Waals surface area contributed by atoms with Crippen LogP contribution >= 0.6 is 11.8 Å². The molecule has 0 unspecified atom stereocenters. The van der Waals surface area contributed by atoms with Crippen LogP contribution in [0.2, 0.25) is 0 Å². The van der Waals surface area contributed by atoms with E-state index in [1.165, 1.54) is 35.0 Å². The summed E-state index contributed by atoms with van der Waals surface area (Å²) in [5.41, 5.74) is 4.30. The lowest BCUT2D eigenvalue weighted by atomic mass is 10.0. The Hall–Kier alpha value is -2.67. The molecule has 0 saturated carbocycles. The summed E-state index contributed by atoms with van der Waals surface area (Å²) in [6.45, 7) is 6.11. The van der Waals surface area contributed by atoms with Crippen molar-refractivity contribution in [1.82, 2.24) is 20.1 Å². The lowest BCUT2D eigenvalue weighted by Crippen LogP contribution is -2.28. The molecule has 0 radical (unpaired) electrons. The fourth-order valence-electron chi connectivity index (χ4n) is 2.82. The Morgan fingerprint density at radius 3 is 2.54 bits per heavy atom. The monoisotopic (exact) mass is 398 g/mol. The molecule has 1 amide bonds. The van der Waals surface area contributed by atoms with Gasteiger partial charge in [0.1, 0.15) is 5.82 Å². The summed E-state index contributed by atoms with van der Waals surface area (Å²) < 4.78 is 14.9. The molecule has 1 aromatic heterocycles. The average Bonchev–Trinajstić information content (AvgIpc) is 3.03. The van der Waals surface area contributed by atoms with Crippen molar-refractivity contribution in [2.24, 2.45) is 7.05 Å². The summed E-state index contributed by atoms with van der Waals surface area (Å²) >= 11 is 1.32. The first-order valence-electron chi connectivity index (χ1n) is 9.00. The van der Waals surface area contributed by atoms with E-state index in [1.807, 2.05) is 20.0 Å². The van der Waals surface area contributed by atoms with Crippen molar-refractivity contribution in [3.05, 3.63) is 65.0 Å². The first-order chi connectivity index (χ1) is 13.3. The standard InChI is InChI=1S/C21H23FN4OS/c1-13-5-6-17(11-14(13)2)15(3)23-19(27)12-28-21-25-24-20(26(21)4)16-7-9-18(22)10-8-16/h5-11,15H,12H2,1-4H3,(H,23,27)/t15-/m0/s1. The minimum Gasteiger partial charge on any atom is -0.349 e. The third kappa shape index (κ3) is 4.59. The number of thioether (sulfide) groups is 1. The van der Waals surface area contributed by atoms with E-state index in [0.29, 0.717) is 11.0 Å². The summed E-state index contributed by atoms with van der Waals surface area (Å²) in [4.78, 5) is 12.3. The fourth-order valence-corrected chi connectivity index (χ4v) is 3.54. The van der Waals surface area contributed by atoms with Gasteiger partial charge in [-0.1, -0.05) is 30.0 Å². The van der Waals surface area contributed by atoms with Crippen LogP contribution in [0.5, 0.6) is 0 Å². The summed E-state index contributed by atoms with van der Waals surface area (Å²) in [7, 11) is 1.83. The number of rotatable bonds is 6. The zero-order chi connectivity index (χ0) is 20.3. The zero-order valence-electron chi connectivity index (χ0n) is 16.4. The van der Waals surface area contributed by atoms with Gasteiger partial charge in [-0.3, -0.25) is 4.79 Å². The van der Waals surface area contributed by atoms with Gasteiger partial charge in [0.2, 0.25) is 5.91 Å². The molecule has 0 aliphatic heterocycles. The van der Waals surface area contributed by atoms with Crippen LogP contribution < -0.4 is 5.32 Å². The van der Waals surface area contributed by atoms with Crippen molar-refractivity contribution in [3.63, 3.8) is 0 Å². The van der Waals surface area contributed by atoms with Gasteiger partial charge < -0.3 is 9.88 Å². The number of aromatic nitrogens is 3. The van der Waals surface area contributed by atoms with Crippen LogP contribution in [-0.2, 0) is 11.8 Å². The molecule has 2 aromatic carbocycles. The minimum atomic E-state index is -0.296. The number of halogens is 1. The van der Waals surface area contributed by atoms with Gasteiger partial charge in [-0.25, -0.2) is 4.39 Å². The van der Waals surface area contributed by atoms with Gasteiger partial charge in [-0.2, -0.15) is 0 Å². The Morgan fingerprint density at radius 1 is 1.14 bits per heavy atom. The normalized spacial score (nSPS) is 12.0. The maximum atomic E-state index is 13.1. The second-order valence-electron chi connectivity index (χ2n) is 6.79. The molecule has 0 saturated heterocycles. The first-order valence-corrected chi connectivity index (χ1v) is 9.98. The van der Waals surface area contributed by atoms with E-state index in [9.17, 15) is 9.18 Å². The SMILES string of the molecule is Cc1ccc([C@H](C)NC(=O)CSc2nnc(-c3ccc(F)cc3)n2C)cc1C. The molecule has 28 heavy (non-hydrogen) atoms. The number of hydrogen-bond donors (Lipinski definition) is 1. The van der Waals surface area contributed by atoms with Gasteiger partial charge >= 0.3 is 0 Å². The van der Waals surface area contributed by atoms with E-state index >= 15 is 0 Å². The molecular weight excluding hydrogens is 375 g/mol. The predicted molar refractivity (Wildman–Crippen MR) is 110 cm³/mol. The summed E-state index contributed by atoms with van der Waals surface area (Å²) in [6.07, 6.45) is 0. The van der Waals surface area contributed by atoms with Gasteiger partial charge in [0.15, 0.2) is 11.0 Å². The molecular formula is C21H23FN4OS. The molecule has 0 spiro atoms. The second kappa shape index (κ2) is 8.56. The topological polar surface area (TPSA) is 59.8 Å². The Bertz CT molecular complexity index is 985. The molecule has 7 heteroatoms. The van der Waals surface area contributed by atoms with Crippen LogP contribution in [0, 0.1) is 19.7 Å². The second-order valence-corrected chi connectivity index (χ2v) is 7.74. The van der Waals surface area contributed by atoms with Gasteiger partial charge in [-0.05, 0) is 61.7 Å². The molecule has 0 aliphatic carbocycles. The predicted octanol–water partition coefficient (Wildman–Crippen LogP) is 4.21. The lowest BCUT2D eigenvalue weighted by Gasteiger charge is -2.15. The third-order valence-electron chi connectivity index (χ3n) is 4.68. The van der Waals surface area contributed by atoms with E-state index in [4.69, 9.17) is 0 Å². The van der Waals surface area contributed by atoms with Crippen LogP contribution in [0.3, 0.4) is 0 Å². The van der Waals surface area contributed by atoms with E-state index in [-0.39, 0.29) is 23.5 Å². The summed E-state index contributed by atoms with van der Waals surface area (Å²) in [5, 5.41) is 12.0. The number of hydrogen-bond acceptors (Lipinski definition) is 4. The Balaban J connectivity index is 1.60. The molecule has 1 N–H and O–H groups in total. The number of amides is 1. The number of carbonyl (C=O) groups is 1. The fraction of sp³-hybridized carbons (Fsp3) is 0.286. The number of nitrogens with one attached hydrogen (secondary N) is 1. The van der Waals surface area contributed by atoms with Crippen LogP contribution in [0.25, 0.3) is 11.4 Å². The molecule has 0 aliphatic rings. The summed E-state index contributed by atoms with van der Waals surface area (Å²) in [5.74, 6) is 0.508. The highest BCUT2D eigenvalue weighted by atomic mass is 32.2. The molecule has 0 bridgehead atoms. The van der Waals surface area contributed by atoms with E-state index in [0.717, 1.165) is 11.1 Å². The number of nitrogens with zero attached hydrogens (tertiary/aromatic N) is 3. The van der Waals surface area contributed by atoms with Crippen molar-refractivity contribution in [2.45, 2.75) is 32.0 Å². The van der Waals surface area contributed by atoms with Crippen LogP contribution in [0.4, 0.5) is 4.39 Å². The molecule has 5 nitrogen and oxygen atoms in total. The van der Waals surface area contributed by atoms with Gasteiger partial charge in [0, 0.05) is 12.6 Å². The number of aryl methyl sites for hydroxylation is 2. The minimum absolute atomic E-state index is 0.0675. The Kier molecular flexibility index (Phi) is 6.14. The van der Waals surface area contributed by atoms with Crippen molar-refractivity contribution in [3.8, 4) is 11.4 Å². The van der Waals surface area contributed by atoms with Gasteiger partial charge in [0.25, 0.3) is 0 Å². The highest BCUT2D eigenvalue weighted by Gasteiger charge is 2.15. The van der Waals surface area contributed by atoms with Crippen molar-refractivity contribution < 1.29 is 9.18 Å². The summed E-state index contributed by atoms with van der Waals surface area (Å²) in [6, 6.07) is 12.2. The molecule has 1 heterocycles. The van der Waals surface area contributed by atoms with Gasteiger partial charge in [-0.15, -0.1) is 10.2 Å². The van der Waals surface area contributed by atoms with Gasteiger partial charge in [0.05, 0.1) is 11.8 Å². The third-order valence-corrected chi connectivity index (χ3v) is 5.70. The van der Waals surface area contributed by atoms with E-state index < -0.39 is 0 Å². The first kappa shape index (κ1) is 20.1. The largest absolute Gasteiger partial charge is 0.349 e. The van der Waals surface area contributed by atoms with Crippen LogP contribution in [0.15, 0.2) is 47.6 Å². The number of benzene rings is 2. The van der Waals surface area contributed by atoms with E-state index in [2.05, 4.69) is 41.5 Å². The average molecular weight is 399 g/mol. The molecule has 1 atom stereocenters. The lowest BCUT2D eigenvalue weighted by molar-refractivity contribution is -0.119. The molecule has 0 fully saturated rings. The van der Waals surface area contributed by atoms with Crippen molar-refractivity contribution in [1.29, 1.82) is 0 Å². The Morgan fingerprint density at radius 2 is 1.86 bits per heavy atom. The van der Waals surface area contributed by atoms with Crippen LogP contribution in [-0.4, -0.2) is 26.4 Å². The van der Waals surface area contributed by atoms with Crippen LogP contribution in [0.1, 0.15) is 29.7 Å². The zero-order valence-corrected chi connectivity index (χ0v) is 17.2. The molecule has 3 aromatic rings. The number of carbonyl (C=O) groups excluding carboxylic acids is 1. The molecule has 3 rings (SSSR count). The smallest absolute Gasteiger partial charge is 0.230 e. The van der Waals surface area contributed by atoms with Crippen molar-refractivity contribution in [2.75, 3.05) is 5.75 Å². The maximum absolute atomic E-state index is 13.1.